The maximum absolute atomic E-state index is 12.8. The van der Waals surface area contributed by atoms with Gasteiger partial charge in [-0.3, -0.25) is 9.59 Å². The van der Waals surface area contributed by atoms with Crippen LogP contribution in [0.1, 0.15) is 35.2 Å². The Kier molecular flexibility index (Phi) is 5.36. The highest BCUT2D eigenvalue weighted by atomic mass is 16.4. The van der Waals surface area contributed by atoms with Crippen LogP contribution in [0, 0.1) is 6.92 Å². The molecule has 9 heteroatoms. The lowest BCUT2D eigenvalue weighted by Crippen LogP contribution is -2.28. The Morgan fingerprint density at radius 1 is 1.32 bits per heavy atom. The van der Waals surface area contributed by atoms with E-state index in [4.69, 9.17) is 0 Å². The number of benzene rings is 2. The molecule has 31 heavy (non-hydrogen) atoms. The molecule has 0 saturated carbocycles. The standard InChI is InChI=1S/C22H24N4O5/c1-11-20(28)14(10-23-8-7-12-4-3-9-26(12)2)17-19(21(11)29)25-16-13(22(30)31)5-6-15(27)18(16)24-17/h5-6,10,12,23,25,28H,3-4,7-9H2,1-2H3,(H,30,31)/b14-10-. The zero-order valence-corrected chi connectivity index (χ0v) is 17.4. The summed E-state index contributed by atoms with van der Waals surface area (Å²) in [6, 6.07) is 2.82. The summed E-state index contributed by atoms with van der Waals surface area (Å²) in [6.45, 7) is 3.25. The average molecular weight is 424 g/mol. The Balaban J connectivity index is 1.85. The quantitative estimate of drug-likeness (QED) is 0.347. The summed E-state index contributed by atoms with van der Waals surface area (Å²) < 4.78 is 0. The monoisotopic (exact) mass is 424 g/mol. The van der Waals surface area contributed by atoms with Gasteiger partial charge in [0.2, 0.25) is 10.9 Å². The molecule has 1 fully saturated rings. The highest BCUT2D eigenvalue weighted by molar-refractivity contribution is 6.02. The molecule has 2 aromatic carbocycles. The molecule has 1 unspecified atom stereocenters. The van der Waals surface area contributed by atoms with Crippen LogP contribution in [0.3, 0.4) is 0 Å². The van der Waals surface area contributed by atoms with Gasteiger partial charge in [-0.25, -0.2) is 9.78 Å². The molecule has 0 amide bonds. The molecular formula is C22H24N4O5. The first kappa shape index (κ1) is 20.8. The number of aromatic carboxylic acids is 1. The van der Waals surface area contributed by atoms with Crippen LogP contribution in [0.5, 0.6) is 5.75 Å². The van der Waals surface area contributed by atoms with Crippen LogP contribution < -0.4 is 21.4 Å². The van der Waals surface area contributed by atoms with Gasteiger partial charge in [-0.1, -0.05) is 0 Å². The lowest BCUT2D eigenvalue weighted by atomic mass is 10.1. The SMILES string of the molecule is Cc1c(O)/c(=C\NCCC2CCCN2C)c2nc3c(=O)ccc(C(=O)O)c3[nH]c2c1=O. The number of phenols is 1. The number of hydrogen-bond acceptors (Lipinski definition) is 7. The Morgan fingerprint density at radius 2 is 2.10 bits per heavy atom. The number of aromatic amines is 1. The predicted molar refractivity (Wildman–Crippen MR) is 117 cm³/mol. The Bertz CT molecular complexity index is 1360. The Labute approximate surface area is 177 Å². The molecular weight excluding hydrogens is 400 g/mol. The van der Waals surface area contributed by atoms with Gasteiger partial charge in [0.1, 0.15) is 22.3 Å². The number of carbonyl (C=O) groups is 1. The third-order valence-corrected chi connectivity index (χ3v) is 6.05. The summed E-state index contributed by atoms with van der Waals surface area (Å²) in [5.74, 6) is -1.46. The minimum absolute atomic E-state index is 0.0159. The van der Waals surface area contributed by atoms with Gasteiger partial charge >= 0.3 is 5.97 Å². The molecule has 4 N–H and O–H groups in total. The molecule has 0 spiro atoms. The third-order valence-electron chi connectivity index (χ3n) is 6.05. The van der Waals surface area contributed by atoms with E-state index in [1.807, 2.05) is 0 Å². The molecule has 1 aromatic heterocycles. The van der Waals surface area contributed by atoms with Crippen molar-refractivity contribution in [1.82, 2.24) is 20.2 Å². The van der Waals surface area contributed by atoms with Gasteiger partial charge in [-0.15, -0.1) is 0 Å². The molecule has 0 radical (unpaired) electrons. The Hall–Kier alpha value is -3.46. The summed E-state index contributed by atoms with van der Waals surface area (Å²) >= 11 is 0. The first-order chi connectivity index (χ1) is 14.8. The fourth-order valence-corrected chi connectivity index (χ4v) is 4.21. The van der Waals surface area contributed by atoms with E-state index in [1.165, 1.54) is 19.4 Å². The second-order valence-corrected chi connectivity index (χ2v) is 7.98. The maximum Gasteiger partial charge on any atom is 0.337 e. The molecule has 162 valence electrons. The van der Waals surface area contributed by atoms with E-state index in [2.05, 4.69) is 27.2 Å². The van der Waals surface area contributed by atoms with Crippen molar-refractivity contribution in [2.24, 2.45) is 0 Å². The number of carboxylic acids is 1. The second-order valence-electron chi connectivity index (χ2n) is 7.98. The zero-order valence-electron chi connectivity index (χ0n) is 17.4. The van der Waals surface area contributed by atoms with E-state index in [-0.39, 0.29) is 44.2 Å². The van der Waals surface area contributed by atoms with E-state index in [0.29, 0.717) is 12.6 Å². The fourth-order valence-electron chi connectivity index (χ4n) is 4.21. The van der Waals surface area contributed by atoms with Crippen LogP contribution in [0.2, 0.25) is 0 Å². The number of likely N-dealkylation sites (tertiary alicyclic amines) is 1. The normalized spacial score (nSPS) is 17.6. The molecule has 0 bridgehead atoms. The first-order valence-electron chi connectivity index (χ1n) is 10.2. The van der Waals surface area contributed by atoms with Crippen molar-refractivity contribution < 1.29 is 15.0 Å². The smallest absolute Gasteiger partial charge is 0.337 e. The van der Waals surface area contributed by atoms with Crippen molar-refractivity contribution in [3.63, 3.8) is 0 Å². The average Bonchev–Trinajstić information content (AvgIpc) is 3.15. The molecule has 0 aliphatic carbocycles. The van der Waals surface area contributed by atoms with Gasteiger partial charge in [-0.2, -0.15) is 0 Å². The number of aromatic hydroxyl groups is 1. The minimum Gasteiger partial charge on any atom is -0.507 e. The number of nitrogens with zero attached hydrogens (tertiary/aromatic N) is 2. The molecule has 1 saturated heterocycles. The predicted octanol–water partition coefficient (Wildman–Crippen LogP) is 0.680. The van der Waals surface area contributed by atoms with Crippen molar-refractivity contribution in [2.45, 2.75) is 32.2 Å². The highest BCUT2D eigenvalue weighted by Crippen LogP contribution is 2.18. The van der Waals surface area contributed by atoms with Crippen LogP contribution in [0.25, 0.3) is 28.3 Å². The first-order valence-corrected chi connectivity index (χ1v) is 10.2. The summed E-state index contributed by atoms with van der Waals surface area (Å²) in [5.41, 5.74) is -0.976. The largest absolute Gasteiger partial charge is 0.507 e. The number of rotatable bonds is 5. The van der Waals surface area contributed by atoms with Crippen molar-refractivity contribution in [1.29, 1.82) is 0 Å². The molecule has 1 atom stereocenters. The van der Waals surface area contributed by atoms with Gasteiger partial charge in [0.05, 0.1) is 16.3 Å². The topological polar surface area (TPSA) is 136 Å². The summed E-state index contributed by atoms with van der Waals surface area (Å²) in [5, 5.41) is 23.5. The maximum atomic E-state index is 12.8. The van der Waals surface area contributed by atoms with Crippen LogP contribution >= 0.6 is 0 Å². The second kappa shape index (κ2) is 7.99. The van der Waals surface area contributed by atoms with Crippen molar-refractivity contribution in [3.05, 3.63) is 48.9 Å². The van der Waals surface area contributed by atoms with Gasteiger partial charge < -0.3 is 25.4 Å². The van der Waals surface area contributed by atoms with E-state index in [0.717, 1.165) is 25.5 Å². The zero-order chi connectivity index (χ0) is 22.3. The summed E-state index contributed by atoms with van der Waals surface area (Å²) in [4.78, 5) is 46.1. The molecule has 1 aliphatic heterocycles. The number of fused-ring (bicyclic) bond motifs is 2. The van der Waals surface area contributed by atoms with Crippen LogP contribution in [-0.2, 0) is 0 Å². The Morgan fingerprint density at radius 3 is 2.77 bits per heavy atom. The van der Waals surface area contributed by atoms with E-state index >= 15 is 0 Å². The van der Waals surface area contributed by atoms with Crippen molar-refractivity contribution in [3.8, 4) is 5.75 Å². The summed E-state index contributed by atoms with van der Waals surface area (Å²) in [6.07, 6.45) is 4.86. The number of H-pyrrole nitrogens is 1. The van der Waals surface area contributed by atoms with Crippen LogP contribution in [0.4, 0.5) is 0 Å². The lowest BCUT2D eigenvalue weighted by molar-refractivity contribution is 0.0699. The third kappa shape index (κ3) is 3.61. The van der Waals surface area contributed by atoms with Crippen LogP contribution in [-0.4, -0.2) is 57.2 Å². The molecule has 4 rings (SSSR count). The van der Waals surface area contributed by atoms with Gasteiger partial charge in [0.15, 0.2) is 0 Å². The molecule has 3 aromatic rings. The van der Waals surface area contributed by atoms with Crippen LogP contribution in [0.15, 0.2) is 21.7 Å². The van der Waals surface area contributed by atoms with Crippen molar-refractivity contribution in [2.75, 3.05) is 20.1 Å². The highest BCUT2D eigenvalue weighted by Gasteiger charge is 2.20. The van der Waals surface area contributed by atoms with Gasteiger partial charge in [-0.05, 0) is 51.9 Å². The van der Waals surface area contributed by atoms with Crippen molar-refractivity contribution >= 4 is 34.2 Å². The van der Waals surface area contributed by atoms with Gasteiger partial charge in [0.25, 0.3) is 0 Å². The number of aromatic nitrogens is 2. The number of nitrogens with one attached hydrogen (secondary N) is 2. The molecule has 2 heterocycles. The minimum atomic E-state index is -1.24. The molecule has 9 nitrogen and oxygen atoms in total. The number of hydrogen-bond donors (Lipinski definition) is 4. The number of phenolic OH excluding ortho intramolecular Hbond substituents is 1. The lowest BCUT2D eigenvalue weighted by Gasteiger charge is -2.18. The van der Waals surface area contributed by atoms with E-state index < -0.39 is 16.8 Å². The summed E-state index contributed by atoms with van der Waals surface area (Å²) in [7, 11) is 2.10. The fraction of sp³-hybridized carbons (Fsp3) is 0.364. The van der Waals surface area contributed by atoms with E-state index in [1.54, 1.807) is 6.20 Å². The van der Waals surface area contributed by atoms with E-state index in [9.17, 15) is 24.6 Å². The van der Waals surface area contributed by atoms with Gasteiger partial charge in [0, 0.05) is 24.4 Å². The molecule has 1 aliphatic rings. The number of carboxylic acid groups (broad SMARTS) is 1.